The summed E-state index contributed by atoms with van der Waals surface area (Å²) in [5, 5.41) is 4.13. The molecule has 1 aliphatic rings. The molecule has 0 unspecified atom stereocenters. The number of nitrogens with zero attached hydrogens (tertiary/aromatic N) is 4. The highest BCUT2D eigenvalue weighted by molar-refractivity contribution is 7.91. The zero-order valence-electron chi connectivity index (χ0n) is 14.8. The predicted molar refractivity (Wildman–Crippen MR) is 93.5 cm³/mol. The number of rotatable bonds is 8. The number of sulfone groups is 1. The van der Waals surface area contributed by atoms with E-state index in [1.807, 2.05) is 38.4 Å². The van der Waals surface area contributed by atoms with Gasteiger partial charge in [0.25, 0.3) is 0 Å². The maximum Gasteiger partial charge on any atom is 0.223 e. The minimum Gasteiger partial charge on any atom is -0.346 e. The molecule has 0 aliphatic carbocycles. The summed E-state index contributed by atoms with van der Waals surface area (Å²) >= 11 is 0. The molecule has 1 atom stereocenters. The van der Waals surface area contributed by atoms with E-state index in [2.05, 4.69) is 5.10 Å². The molecule has 0 spiro atoms. The van der Waals surface area contributed by atoms with Gasteiger partial charge in [0.15, 0.2) is 9.84 Å². The summed E-state index contributed by atoms with van der Waals surface area (Å²) in [5.74, 6) is 0.594. The molecule has 1 aromatic rings. The standard InChI is InChI=1S/C16H28N4O3S/c1-18(15-7-10-24(22,23)13-15)9-6-16(21)19(2)8-4-5-14-11-17-20(3)12-14/h11-12,15H,4-10,13H2,1-3H3/t15-/m1/s1. The van der Waals surface area contributed by atoms with Crippen LogP contribution in [0, 0.1) is 0 Å². The molecular formula is C16H28N4O3S. The number of hydrogen-bond donors (Lipinski definition) is 0. The Morgan fingerprint density at radius 2 is 2.12 bits per heavy atom. The van der Waals surface area contributed by atoms with Gasteiger partial charge in [-0.15, -0.1) is 0 Å². The van der Waals surface area contributed by atoms with Crippen molar-refractivity contribution < 1.29 is 13.2 Å². The third-order valence-corrected chi connectivity index (χ3v) is 6.40. The Morgan fingerprint density at radius 1 is 1.38 bits per heavy atom. The molecule has 0 aromatic carbocycles. The van der Waals surface area contributed by atoms with Gasteiger partial charge in [-0.2, -0.15) is 5.10 Å². The molecule has 24 heavy (non-hydrogen) atoms. The van der Waals surface area contributed by atoms with Crippen LogP contribution in [0.4, 0.5) is 0 Å². The summed E-state index contributed by atoms with van der Waals surface area (Å²) in [6, 6.07) is 0.0543. The molecule has 0 bridgehead atoms. The molecule has 7 nitrogen and oxygen atoms in total. The van der Waals surface area contributed by atoms with E-state index >= 15 is 0 Å². The summed E-state index contributed by atoms with van der Waals surface area (Å²) in [4.78, 5) is 16.0. The minimum atomic E-state index is -2.88. The first-order chi connectivity index (χ1) is 11.3. The summed E-state index contributed by atoms with van der Waals surface area (Å²) < 4.78 is 24.8. The van der Waals surface area contributed by atoms with E-state index in [0.29, 0.717) is 19.4 Å². The maximum absolute atomic E-state index is 12.2. The van der Waals surface area contributed by atoms with E-state index in [0.717, 1.165) is 19.4 Å². The molecule has 136 valence electrons. The number of aryl methyl sites for hydroxylation is 2. The van der Waals surface area contributed by atoms with E-state index in [1.54, 1.807) is 9.58 Å². The Kier molecular flexibility index (Phi) is 6.40. The highest BCUT2D eigenvalue weighted by Gasteiger charge is 2.30. The van der Waals surface area contributed by atoms with Crippen LogP contribution in [-0.4, -0.2) is 78.6 Å². The molecule has 1 saturated heterocycles. The Balaban J connectivity index is 1.66. The van der Waals surface area contributed by atoms with Crippen molar-refractivity contribution in [2.45, 2.75) is 31.7 Å². The quantitative estimate of drug-likeness (QED) is 0.671. The molecule has 2 heterocycles. The zero-order chi connectivity index (χ0) is 17.7. The number of amides is 1. The second-order valence-electron chi connectivity index (χ2n) is 6.73. The van der Waals surface area contributed by atoms with Gasteiger partial charge in [-0.25, -0.2) is 8.42 Å². The van der Waals surface area contributed by atoms with Gasteiger partial charge in [0, 0.05) is 45.8 Å². The highest BCUT2D eigenvalue weighted by atomic mass is 32.2. The second kappa shape index (κ2) is 8.11. The Bertz CT molecular complexity index is 656. The van der Waals surface area contributed by atoms with Crippen LogP contribution in [-0.2, 0) is 28.1 Å². The van der Waals surface area contributed by atoms with Crippen molar-refractivity contribution in [1.82, 2.24) is 19.6 Å². The first-order valence-electron chi connectivity index (χ1n) is 8.39. The van der Waals surface area contributed by atoms with E-state index in [9.17, 15) is 13.2 Å². The number of hydrogen-bond acceptors (Lipinski definition) is 5. The van der Waals surface area contributed by atoms with E-state index in [4.69, 9.17) is 0 Å². The zero-order valence-corrected chi connectivity index (χ0v) is 15.6. The largest absolute Gasteiger partial charge is 0.346 e. The van der Waals surface area contributed by atoms with Gasteiger partial charge < -0.3 is 9.80 Å². The van der Waals surface area contributed by atoms with Crippen molar-refractivity contribution in [3.63, 3.8) is 0 Å². The average molecular weight is 356 g/mol. The average Bonchev–Trinajstić information content (AvgIpc) is 3.09. The van der Waals surface area contributed by atoms with Crippen LogP contribution in [0.5, 0.6) is 0 Å². The van der Waals surface area contributed by atoms with Gasteiger partial charge in [0.2, 0.25) is 5.91 Å². The second-order valence-corrected chi connectivity index (χ2v) is 8.96. The first-order valence-corrected chi connectivity index (χ1v) is 10.2. The summed E-state index contributed by atoms with van der Waals surface area (Å²) in [5.41, 5.74) is 1.18. The van der Waals surface area contributed by atoms with Gasteiger partial charge in [-0.1, -0.05) is 0 Å². The van der Waals surface area contributed by atoms with Crippen LogP contribution in [0.2, 0.25) is 0 Å². The Morgan fingerprint density at radius 3 is 2.71 bits per heavy atom. The smallest absolute Gasteiger partial charge is 0.223 e. The SMILES string of the molecule is CN(CCCc1cnn(C)c1)C(=O)CCN(C)[C@@H]1CCS(=O)(=O)C1. The summed E-state index contributed by atoms with van der Waals surface area (Å²) in [6.07, 6.45) is 6.76. The van der Waals surface area contributed by atoms with Crippen molar-refractivity contribution in [3.05, 3.63) is 18.0 Å². The topological polar surface area (TPSA) is 75.5 Å². The van der Waals surface area contributed by atoms with Crippen LogP contribution < -0.4 is 0 Å². The molecule has 1 amide bonds. The minimum absolute atomic E-state index is 0.0543. The van der Waals surface area contributed by atoms with Crippen molar-refractivity contribution >= 4 is 15.7 Å². The lowest BCUT2D eigenvalue weighted by molar-refractivity contribution is -0.130. The summed E-state index contributed by atoms with van der Waals surface area (Å²) in [7, 11) is 2.75. The fraction of sp³-hybridized carbons (Fsp3) is 0.750. The van der Waals surface area contributed by atoms with Gasteiger partial charge in [0.05, 0.1) is 17.7 Å². The van der Waals surface area contributed by atoms with Crippen LogP contribution in [0.15, 0.2) is 12.4 Å². The van der Waals surface area contributed by atoms with E-state index in [1.165, 1.54) is 5.56 Å². The predicted octanol–water partition coefficient (Wildman–Crippen LogP) is 0.320. The summed E-state index contributed by atoms with van der Waals surface area (Å²) in [6.45, 7) is 1.32. The van der Waals surface area contributed by atoms with Crippen molar-refractivity contribution in [2.24, 2.45) is 7.05 Å². The molecular weight excluding hydrogens is 328 g/mol. The molecule has 8 heteroatoms. The van der Waals surface area contributed by atoms with Crippen molar-refractivity contribution in [2.75, 3.05) is 38.7 Å². The van der Waals surface area contributed by atoms with Gasteiger partial charge in [-0.3, -0.25) is 9.48 Å². The first kappa shape index (κ1) is 18.9. The molecule has 0 N–H and O–H groups in total. The Labute approximate surface area is 144 Å². The van der Waals surface area contributed by atoms with Gasteiger partial charge in [-0.05, 0) is 31.9 Å². The molecule has 0 saturated carbocycles. The normalized spacial score (nSPS) is 19.8. The van der Waals surface area contributed by atoms with Crippen LogP contribution in [0.1, 0.15) is 24.8 Å². The number of carbonyl (C=O) groups excluding carboxylic acids is 1. The molecule has 1 fully saturated rings. The molecule has 2 rings (SSSR count). The maximum atomic E-state index is 12.2. The van der Waals surface area contributed by atoms with E-state index in [-0.39, 0.29) is 23.5 Å². The number of aromatic nitrogens is 2. The van der Waals surface area contributed by atoms with Crippen molar-refractivity contribution in [1.29, 1.82) is 0 Å². The lowest BCUT2D eigenvalue weighted by Crippen LogP contribution is -2.37. The van der Waals surface area contributed by atoms with Crippen LogP contribution in [0.25, 0.3) is 0 Å². The Hall–Kier alpha value is -1.41. The monoisotopic (exact) mass is 356 g/mol. The number of carbonyl (C=O) groups is 1. The van der Waals surface area contributed by atoms with Gasteiger partial charge >= 0.3 is 0 Å². The lowest BCUT2D eigenvalue weighted by Gasteiger charge is -2.24. The molecule has 1 aliphatic heterocycles. The molecule has 0 radical (unpaired) electrons. The van der Waals surface area contributed by atoms with E-state index < -0.39 is 9.84 Å². The van der Waals surface area contributed by atoms with Gasteiger partial charge in [0.1, 0.15) is 0 Å². The fourth-order valence-electron chi connectivity index (χ4n) is 3.01. The van der Waals surface area contributed by atoms with Crippen LogP contribution >= 0.6 is 0 Å². The molecule has 1 aromatic heterocycles. The third kappa shape index (κ3) is 5.59. The third-order valence-electron chi connectivity index (χ3n) is 4.65. The highest BCUT2D eigenvalue weighted by Crippen LogP contribution is 2.16. The lowest BCUT2D eigenvalue weighted by atomic mass is 10.2. The van der Waals surface area contributed by atoms with Crippen LogP contribution in [0.3, 0.4) is 0 Å². The van der Waals surface area contributed by atoms with Crippen molar-refractivity contribution in [3.8, 4) is 0 Å². The fourth-order valence-corrected chi connectivity index (χ4v) is 4.82.